The van der Waals surface area contributed by atoms with Crippen molar-refractivity contribution in [3.63, 3.8) is 0 Å². The van der Waals surface area contributed by atoms with Crippen LogP contribution in [0.3, 0.4) is 0 Å². The quantitative estimate of drug-likeness (QED) is 0.530. The van der Waals surface area contributed by atoms with Gasteiger partial charge >= 0.3 is 6.01 Å². The number of nitrogen functional groups attached to an aromatic ring is 1. The second-order valence-corrected chi connectivity index (χ2v) is 8.73. The smallest absolute Gasteiger partial charge is 0.318 e. The van der Waals surface area contributed by atoms with E-state index in [4.69, 9.17) is 16.2 Å². The van der Waals surface area contributed by atoms with E-state index in [2.05, 4.69) is 28.2 Å². The first-order valence-electron chi connectivity index (χ1n) is 8.61. The summed E-state index contributed by atoms with van der Waals surface area (Å²) in [4.78, 5) is 22.8. The van der Waals surface area contributed by atoms with Gasteiger partial charge in [0.2, 0.25) is 0 Å². The molecule has 0 spiro atoms. The second kappa shape index (κ2) is 6.17. The van der Waals surface area contributed by atoms with Crippen LogP contribution >= 0.6 is 22.7 Å². The Kier molecular flexibility index (Phi) is 3.76. The third-order valence-corrected chi connectivity index (χ3v) is 6.83. The van der Waals surface area contributed by atoms with Crippen molar-refractivity contribution in [2.24, 2.45) is 11.7 Å². The van der Waals surface area contributed by atoms with Gasteiger partial charge in [-0.2, -0.15) is 9.97 Å². The van der Waals surface area contributed by atoms with E-state index < -0.39 is 5.91 Å². The summed E-state index contributed by atoms with van der Waals surface area (Å²) in [7, 11) is 0. The molecule has 3 aromatic heterocycles. The molecular formula is C19H16N4O2S2. The predicted molar refractivity (Wildman–Crippen MR) is 109 cm³/mol. The Morgan fingerprint density at radius 1 is 1.22 bits per heavy atom. The Morgan fingerprint density at radius 3 is 2.78 bits per heavy atom. The van der Waals surface area contributed by atoms with Gasteiger partial charge < -0.3 is 16.2 Å². The fraction of sp³-hybridized carbons (Fsp3) is 0.211. The predicted octanol–water partition coefficient (Wildman–Crippen LogP) is 4.04. The molecule has 136 valence electrons. The van der Waals surface area contributed by atoms with Gasteiger partial charge in [-0.1, -0.05) is 18.2 Å². The number of hydrogen-bond donors (Lipinski definition) is 2. The Hall–Kier alpha value is -2.71. The number of thiophene rings is 2. The summed E-state index contributed by atoms with van der Waals surface area (Å²) < 4.78 is 6.97. The Labute approximate surface area is 162 Å². The third-order valence-electron chi connectivity index (χ3n) is 4.60. The lowest BCUT2D eigenvalue weighted by molar-refractivity contribution is 0.100. The zero-order chi connectivity index (χ0) is 18.5. The van der Waals surface area contributed by atoms with Crippen molar-refractivity contribution in [2.75, 3.05) is 12.3 Å². The molecule has 0 aliphatic heterocycles. The number of nitrogens with two attached hydrogens (primary N) is 2. The molecule has 8 heteroatoms. The number of aromatic nitrogens is 2. The molecule has 1 aliphatic carbocycles. The molecule has 0 bridgehead atoms. The first-order chi connectivity index (χ1) is 13.1. The van der Waals surface area contributed by atoms with E-state index in [1.807, 2.05) is 12.1 Å². The summed E-state index contributed by atoms with van der Waals surface area (Å²) in [6.07, 6.45) is 2.37. The molecule has 0 unspecified atom stereocenters. The molecule has 1 fully saturated rings. The van der Waals surface area contributed by atoms with Crippen molar-refractivity contribution in [1.29, 1.82) is 0 Å². The van der Waals surface area contributed by atoms with Crippen LogP contribution in [0.5, 0.6) is 6.01 Å². The van der Waals surface area contributed by atoms with Crippen LogP contribution in [0.15, 0.2) is 30.3 Å². The van der Waals surface area contributed by atoms with Crippen LogP contribution < -0.4 is 16.2 Å². The molecule has 3 heterocycles. The minimum atomic E-state index is -0.557. The van der Waals surface area contributed by atoms with E-state index >= 15 is 0 Å². The van der Waals surface area contributed by atoms with Gasteiger partial charge in [0.15, 0.2) is 0 Å². The molecule has 6 nitrogen and oxygen atoms in total. The number of amides is 1. The van der Waals surface area contributed by atoms with E-state index in [1.54, 1.807) is 11.3 Å². The van der Waals surface area contributed by atoms with Crippen molar-refractivity contribution in [1.82, 2.24) is 9.97 Å². The van der Waals surface area contributed by atoms with Gasteiger partial charge in [-0.3, -0.25) is 4.79 Å². The van der Waals surface area contributed by atoms with Crippen LogP contribution in [0.4, 0.5) is 5.69 Å². The van der Waals surface area contributed by atoms with E-state index in [9.17, 15) is 4.79 Å². The summed E-state index contributed by atoms with van der Waals surface area (Å²) in [6.45, 7) is 0.612. The first-order valence-corrected chi connectivity index (χ1v) is 10.2. The van der Waals surface area contributed by atoms with E-state index in [0.717, 1.165) is 15.0 Å². The molecule has 1 saturated carbocycles. The largest absolute Gasteiger partial charge is 0.463 e. The van der Waals surface area contributed by atoms with E-state index in [-0.39, 0.29) is 0 Å². The molecule has 4 N–H and O–H groups in total. The highest BCUT2D eigenvalue weighted by molar-refractivity contribution is 7.23. The molecule has 5 rings (SSSR count). The lowest BCUT2D eigenvalue weighted by atomic mass is 10.2. The number of carbonyl (C=O) groups is 1. The van der Waals surface area contributed by atoms with Gasteiger partial charge in [0.25, 0.3) is 5.91 Å². The minimum Gasteiger partial charge on any atom is -0.463 e. The minimum absolute atomic E-state index is 0.306. The van der Waals surface area contributed by atoms with Gasteiger partial charge in [0.1, 0.15) is 9.71 Å². The molecule has 4 aromatic rings. The van der Waals surface area contributed by atoms with Gasteiger partial charge in [0.05, 0.1) is 28.3 Å². The third kappa shape index (κ3) is 2.90. The highest BCUT2D eigenvalue weighted by Crippen LogP contribution is 2.42. The number of ether oxygens (including phenoxy) is 1. The van der Waals surface area contributed by atoms with Crippen molar-refractivity contribution >= 4 is 54.6 Å². The second-order valence-electron chi connectivity index (χ2n) is 6.65. The fourth-order valence-electron chi connectivity index (χ4n) is 3.00. The Morgan fingerprint density at radius 2 is 2.04 bits per heavy atom. The topological polar surface area (TPSA) is 104 Å². The molecule has 0 atom stereocenters. The summed E-state index contributed by atoms with van der Waals surface area (Å²) in [6, 6.07) is 10.5. The summed E-state index contributed by atoms with van der Waals surface area (Å²) in [5, 5.41) is 1.80. The van der Waals surface area contributed by atoms with E-state index in [1.165, 1.54) is 24.2 Å². The maximum absolute atomic E-state index is 11.8. The Balaban J connectivity index is 1.72. The van der Waals surface area contributed by atoms with Gasteiger partial charge in [-0.25, -0.2) is 0 Å². The van der Waals surface area contributed by atoms with E-state index in [0.29, 0.717) is 45.0 Å². The molecule has 1 aliphatic rings. The van der Waals surface area contributed by atoms with Crippen LogP contribution in [-0.4, -0.2) is 22.5 Å². The standard InChI is InChI=1S/C19H16N4O2S2/c20-14-13-15(12-7-10-3-1-2-4-11(10)26-12)22-19(25-8-9-5-6-9)23-18(13)27-16(14)17(21)24/h1-4,7,9H,5-6,8,20H2,(H2,21,24). The van der Waals surface area contributed by atoms with Crippen molar-refractivity contribution in [2.45, 2.75) is 12.8 Å². The highest BCUT2D eigenvalue weighted by atomic mass is 32.1. The van der Waals surface area contributed by atoms with Crippen LogP contribution in [0.2, 0.25) is 0 Å². The van der Waals surface area contributed by atoms with Crippen LogP contribution in [0, 0.1) is 5.92 Å². The van der Waals surface area contributed by atoms with Crippen LogP contribution in [-0.2, 0) is 0 Å². The summed E-state index contributed by atoms with van der Waals surface area (Å²) in [5.74, 6) is 0.0323. The fourth-order valence-corrected chi connectivity index (χ4v) is 5.00. The maximum atomic E-state index is 11.8. The van der Waals surface area contributed by atoms with Crippen molar-refractivity contribution in [3.05, 3.63) is 35.2 Å². The van der Waals surface area contributed by atoms with Crippen molar-refractivity contribution in [3.8, 4) is 16.6 Å². The van der Waals surface area contributed by atoms with Gasteiger partial charge in [-0.15, -0.1) is 22.7 Å². The normalized spacial score (nSPS) is 14.1. The zero-order valence-corrected chi connectivity index (χ0v) is 15.9. The summed E-state index contributed by atoms with van der Waals surface area (Å²) >= 11 is 2.81. The number of anilines is 1. The lowest BCUT2D eigenvalue weighted by Crippen LogP contribution is -2.10. The van der Waals surface area contributed by atoms with Crippen molar-refractivity contribution < 1.29 is 9.53 Å². The Bertz CT molecular complexity index is 1160. The molecule has 1 aromatic carbocycles. The SMILES string of the molecule is NC(=O)c1sc2nc(OCC3CC3)nc(-c3cc4ccccc4s3)c2c1N. The molecule has 0 saturated heterocycles. The number of primary amides is 1. The molecule has 0 radical (unpaired) electrons. The number of benzene rings is 1. The first kappa shape index (κ1) is 16.5. The maximum Gasteiger partial charge on any atom is 0.318 e. The van der Waals surface area contributed by atoms with Gasteiger partial charge in [0, 0.05) is 4.70 Å². The monoisotopic (exact) mass is 396 g/mol. The highest BCUT2D eigenvalue weighted by Gasteiger charge is 2.25. The van der Waals surface area contributed by atoms with Crippen LogP contribution in [0.1, 0.15) is 22.5 Å². The number of hydrogen-bond acceptors (Lipinski definition) is 7. The average Bonchev–Trinajstić information content (AvgIpc) is 3.29. The summed E-state index contributed by atoms with van der Waals surface area (Å²) in [5.41, 5.74) is 12.8. The number of carbonyl (C=O) groups excluding carboxylic acids is 1. The average molecular weight is 396 g/mol. The van der Waals surface area contributed by atoms with Gasteiger partial charge in [-0.05, 0) is 36.3 Å². The molecule has 1 amide bonds. The zero-order valence-electron chi connectivity index (χ0n) is 14.3. The van der Waals surface area contributed by atoms with Crippen LogP contribution in [0.25, 0.3) is 30.9 Å². The number of nitrogens with zero attached hydrogens (tertiary/aromatic N) is 2. The molecular weight excluding hydrogens is 380 g/mol. The number of fused-ring (bicyclic) bond motifs is 2. The number of rotatable bonds is 5. The molecule has 27 heavy (non-hydrogen) atoms. The lowest BCUT2D eigenvalue weighted by Gasteiger charge is -2.06.